The molecule has 1 aromatic rings. The maximum absolute atomic E-state index is 6.15. The van der Waals surface area contributed by atoms with Gasteiger partial charge in [0.05, 0.1) is 0 Å². The van der Waals surface area contributed by atoms with Crippen molar-refractivity contribution in [1.29, 1.82) is 0 Å². The fraction of sp³-hybridized carbons (Fsp3) is 0.600. The van der Waals surface area contributed by atoms with Crippen molar-refractivity contribution in [2.75, 3.05) is 5.88 Å². The van der Waals surface area contributed by atoms with Gasteiger partial charge in [-0.15, -0.1) is 11.6 Å². The Hall–Kier alpha value is -0.490. The average molecular weight is 237 g/mol. The molecule has 16 heavy (non-hydrogen) atoms. The first-order valence-corrected chi connectivity index (χ1v) is 7.03. The van der Waals surface area contributed by atoms with E-state index in [0.29, 0.717) is 5.92 Å². The van der Waals surface area contributed by atoms with Crippen LogP contribution in [0.1, 0.15) is 37.7 Å². The van der Waals surface area contributed by atoms with Crippen LogP contribution < -0.4 is 0 Å². The first-order valence-electron chi connectivity index (χ1n) is 6.50. The number of hydrogen-bond acceptors (Lipinski definition) is 0. The second kappa shape index (κ2) is 6.30. The fourth-order valence-electron chi connectivity index (χ4n) is 2.87. The van der Waals surface area contributed by atoms with Gasteiger partial charge < -0.3 is 0 Å². The monoisotopic (exact) mass is 236 g/mol. The molecular formula is C15H21Cl. The zero-order chi connectivity index (χ0) is 11.2. The number of rotatable bonds is 4. The van der Waals surface area contributed by atoms with E-state index in [-0.39, 0.29) is 0 Å². The van der Waals surface area contributed by atoms with Gasteiger partial charge in [0.2, 0.25) is 0 Å². The normalized spacial score (nSPS) is 19.6. The summed E-state index contributed by atoms with van der Waals surface area (Å²) >= 11 is 6.15. The summed E-state index contributed by atoms with van der Waals surface area (Å²) in [6.45, 7) is 0. The zero-order valence-corrected chi connectivity index (χ0v) is 10.6. The van der Waals surface area contributed by atoms with Gasteiger partial charge in [-0.05, 0) is 23.8 Å². The van der Waals surface area contributed by atoms with Gasteiger partial charge in [0.15, 0.2) is 0 Å². The molecule has 0 radical (unpaired) electrons. The van der Waals surface area contributed by atoms with Crippen LogP contribution in [-0.2, 0) is 6.42 Å². The van der Waals surface area contributed by atoms with Gasteiger partial charge in [-0.25, -0.2) is 0 Å². The lowest BCUT2D eigenvalue weighted by Crippen LogP contribution is -2.21. The molecule has 0 aliphatic heterocycles. The summed E-state index contributed by atoms with van der Waals surface area (Å²) in [6.07, 6.45) is 8.19. The molecule has 0 bridgehead atoms. The van der Waals surface area contributed by atoms with E-state index in [1.807, 2.05) is 0 Å². The third-order valence-corrected chi connectivity index (χ3v) is 4.25. The van der Waals surface area contributed by atoms with Crippen molar-refractivity contribution in [3.8, 4) is 0 Å². The Bertz CT molecular complexity index is 288. The van der Waals surface area contributed by atoms with E-state index in [9.17, 15) is 0 Å². The summed E-state index contributed by atoms with van der Waals surface area (Å²) in [5.41, 5.74) is 1.44. The SMILES string of the molecule is ClCC(Cc1ccccc1)C1CCCCC1. The van der Waals surface area contributed by atoms with Crippen LogP contribution in [0.4, 0.5) is 0 Å². The van der Waals surface area contributed by atoms with Crippen LogP contribution in [-0.4, -0.2) is 5.88 Å². The Morgan fingerprint density at radius 1 is 1.06 bits per heavy atom. The van der Waals surface area contributed by atoms with Gasteiger partial charge in [0.1, 0.15) is 0 Å². The minimum Gasteiger partial charge on any atom is -0.126 e. The molecule has 2 rings (SSSR count). The maximum atomic E-state index is 6.15. The van der Waals surface area contributed by atoms with E-state index in [1.165, 1.54) is 37.7 Å². The van der Waals surface area contributed by atoms with E-state index in [4.69, 9.17) is 11.6 Å². The molecule has 1 aromatic carbocycles. The lowest BCUT2D eigenvalue weighted by Gasteiger charge is -2.29. The Labute approximate surface area is 104 Å². The van der Waals surface area contributed by atoms with Crippen molar-refractivity contribution in [2.24, 2.45) is 11.8 Å². The molecule has 0 aromatic heterocycles. The summed E-state index contributed by atoms with van der Waals surface area (Å²) in [5, 5.41) is 0. The van der Waals surface area contributed by atoms with Gasteiger partial charge in [-0.3, -0.25) is 0 Å². The van der Waals surface area contributed by atoms with Crippen LogP contribution in [0.5, 0.6) is 0 Å². The predicted molar refractivity (Wildman–Crippen MR) is 70.9 cm³/mol. The molecule has 1 aliphatic rings. The zero-order valence-electron chi connectivity index (χ0n) is 9.87. The van der Waals surface area contributed by atoms with Crippen molar-refractivity contribution in [3.63, 3.8) is 0 Å². The van der Waals surface area contributed by atoms with Crippen LogP contribution in [0.15, 0.2) is 30.3 Å². The lowest BCUT2D eigenvalue weighted by molar-refractivity contribution is 0.265. The molecule has 1 fully saturated rings. The van der Waals surface area contributed by atoms with Crippen LogP contribution >= 0.6 is 11.6 Å². The highest BCUT2D eigenvalue weighted by Crippen LogP contribution is 2.32. The van der Waals surface area contributed by atoms with E-state index in [0.717, 1.165) is 18.2 Å². The van der Waals surface area contributed by atoms with Crippen molar-refractivity contribution >= 4 is 11.6 Å². The van der Waals surface area contributed by atoms with Crippen LogP contribution in [0.3, 0.4) is 0 Å². The summed E-state index contributed by atoms with van der Waals surface area (Å²) < 4.78 is 0. The number of alkyl halides is 1. The Morgan fingerprint density at radius 3 is 2.38 bits per heavy atom. The Morgan fingerprint density at radius 2 is 1.75 bits per heavy atom. The fourth-order valence-corrected chi connectivity index (χ4v) is 3.23. The summed E-state index contributed by atoms with van der Waals surface area (Å²) in [6, 6.07) is 10.8. The smallest absolute Gasteiger partial charge is 0.0257 e. The molecule has 0 amide bonds. The second-order valence-electron chi connectivity index (χ2n) is 5.00. The molecule has 0 spiro atoms. The molecule has 0 N–H and O–H groups in total. The second-order valence-corrected chi connectivity index (χ2v) is 5.31. The summed E-state index contributed by atoms with van der Waals surface area (Å²) in [4.78, 5) is 0. The molecule has 0 heterocycles. The topological polar surface area (TPSA) is 0 Å². The van der Waals surface area contributed by atoms with Gasteiger partial charge in [-0.2, -0.15) is 0 Å². The quantitative estimate of drug-likeness (QED) is 0.667. The third kappa shape index (κ3) is 3.25. The first-order chi connectivity index (χ1) is 7.90. The molecule has 0 nitrogen and oxygen atoms in total. The van der Waals surface area contributed by atoms with Crippen molar-refractivity contribution in [3.05, 3.63) is 35.9 Å². The van der Waals surface area contributed by atoms with Gasteiger partial charge >= 0.3 is 0 Å². The Kier molecular flexibility index (Phi) is 4.71. The summed E-state index contributed by atoms with van der Waals surface area (Å²) in [5.74, 6) is 2.37. The minimum atomic E-state index is 0.685. The van der Waals surface area contributed by atoms with Crippen molar-refractivity contribution in [1.82, 2.24) is 0 Å². The molecule has 1 saturated carbocycles. The molecule has 1 atom stereocenters. The molecule has 0 saturated heterocycles. The Balaban J connectivity index is 1.94. The van der Waals surface area contributed by atoms with Gasteiger partial charge in [-0.1, -0.05) is 62.4 Å². The highest BCUT2D eigenvalue weighted by atomic mass is 35.5. The van der Waals surface area contributed by atoms with Gasteiger partial charge in [0.25, 0.3) is 0 Å². The van der Waals surface area contributed by atoms with Crippen LogP contribution in [0.25, 0.3) is 0 Å². The van der Waals surface area contributed by atoms with Crippen molar-refractivity contribution in [2.45, 2.75) is 38.5 Å². The van der Waals surface area contributed by atoms with E-state index < -0.39 is 0 Å². The van der Waals surface area contributed by atoms with E-state index in [2.05, 4.69) is 30.3 Å². The molecule has 88 valence electrons. The molecule has 1 aliphatic carbocycles. The molecule has 1 unspecified atom stereocenters. The van der Waals surface area contributed by atoms with Crippen LogP contribution in [0, 0.1) is 11.8 Å². The average Bonchev–Trinajstić information content (AvgIpc) is 2.38. The first kappa shape index (κ1) is 12.0. The largest absolute Gasteiger partial charge is 0.126 e. The van der Waals surface area contributed by atoms with E-state index in [1.54, 1.807) is 0 Å². The number of hydrogen-bond donors (Lipinski definition) is 0. The molecular weight excluding hydrogens is 216 g/mol. The van der Waals surface area contributed by atoms with E-state index >= 15 is 0 Å². The van der Waals surface area contributed by atoms with Crippen LogP contribution in [0.2, 0.25) is 0 Å². The third-order valence-electron chi connectivity index (χ3n) is 3.86. The van der Waals surface area contributed by atoms with Crippen molar-refractivity contribution < 1.29 is 0 Å². The predicted octanol–water partition coefficient (Wildman–Crippen LogP) is 4.66. The summed E-state index contributed by atoms with van der Waals surface area (Å²) in [7, 11) is 0. The molecule has 1 heteroatoms. The standard InChI is InChI=1S/C15H21Cl/c16-12-15(14-9-5-2-6-10-14)11-13-7-3-1-4-8-13/h1,3-4,7-8,14-15H,2,5-6,9-12H2. The minimum absolute atomic E-state index is 0.685. The number of benzene rings is 1. The maximum Gasteiger partial charge on any atom is 0.0257 e. The lowest BCUT2D eigenvalue weighted by atomic mass is 9.78. The highest BCUT2D eigenvalue weighted by Gasteiger charge is 2.22. The highest BCUT2D eigenvalue weighted by molar-refractivity contribution is 6.18. The number of halogens is 1. The van der Waals surface area contributed by atoms with Gasteiger partial charge in [0, 0.05) is 5.88 Å².